The number of hydrogen-bond acceptors (Lipinski definition) is 4. The molecule has 3 aromatic rings. The van der Waals surface area contributed by atoms with Gasteiger partial charge in [0.2, 0.25) is 0 Å². The molecule has 4 nitrogen and oxygen atoms in total. The summed E-state index contributed by atoms with van der Waals surface area (Å²) in [6.45, 7) is 4.31. The highest BCUT2D eigenvalue weighted by molar-refractivity contribution is 7.16. The van der Waals surface area contributed by atoms with Gasteiger partial charge in [0.15, 0.2) is 0 Å². The highest BCUT2D eigenvalue weighted by atomic mass is 32.1. The molecule has 0 amide bonds. The van der Waals surface area contributed by atoms with E-state index in [2.05, 4.69) is 0 Å². The fraction of sp³-hybridized carbons (Fsp3) is 0.222. The third-order valence-corrected chi connectivity index (χ3v) is 4.78. The fourth-order valence-corrected chi connectivity index (χ4v) is 3.31. The maximum absolute atomic E-state index is 12.0. The molecule has 1 aromatic heterocycles. The molecule has 0 spiro atoms. The first kappa shape index (κ1) is 15.5. The number of aryl methyl sites for hydroxylation is 3. The van der Waals surface area contributed by atoms with E-state index in [9.17, 15) is 9.59 Å². The standard InChI is InChI=1S/C18H17NO3S/c1-12-7-8-14(11-13(12)2)22-17(20)9-10-19-15-5-3-4-6-16(15)23-18(19)21/h3-8,11H,9-10H2,1-2H3. The molecular weight excluding hydrogens is 310 g/mol. The maximum atomic E-state index is 12.0. The molecule has 5 heteroatoms. The van der Waals surface area contributed by atoms with Gasteiger partial charge in [0.05, 0.1) is 16.6 Å². The number of aromatic nitrogens is 1. The van der Waals surface area contributed by atoms with Crippen LogP contribution in [-0.2, 0) is 11.3 Å². The van der Waals surface area contributed by atoms with Crippen LogP contribution in [0.2, 0.25) is 0 Å². The van der Waals surface area contributed by atoms with Crippen molar-refractivity contribution in [3.8, 4) is 5.75 Å². The largest absolute Gasteiger partial charge is 0.426 e. The molecule has 0 fully saturated rings. The molecule has 0 unspecified atom stereocenters. The van der Waals surface area contributed by atoms with Crippen LogP contribution in [-0.4, -0.2) is 10.5 Å². The molecule has 0 aliphatic carbocycles. The number of rotatable bonds is 4. The second-order valence-corrected chi connectivity index (χ2v) is 6.45. The van der Waals surface area contributed by atoms with E-state index in [1.807, 2.05) is 50.2 Å². The summed E-state index contributed by atoms with van der Waals surface area (Å²) in [5, 5.41) is 0. The topological polar surface area (TPSA) is 48.3 Å². The van der Waals surface area contributed by atoms with Crippen LogP contribution in [0.1, 0.15) is 17.5 Å². The minimum atomic E-state index is -0.338. The number of esters is 1. The molecule has 0 radical (unpaired) electrons. The minimum Gasteiger partial charge on any atom is -0.426 e. The van der Waals surface area contributed by atoms with Gasteiger partial charge in [0, 0.05) is 6.54 Å². The van der Waals surface area contributed by atoms with Gasteiger partial charge in [-0.15, -0.1) is 0 Å². The first-order valence-electron chi connectivity index (χ1n) is 7.41. The molecule has 0 aliphatic rings. The van der Waals surface area contributed by atoms with Crippen molar-refractivity contribution in [2.24, 2.45) is 0 Å². The smallest absolute Gasteiger partial charge is 0.312 e. The van der Waals surface area contributed by atoms with Crippen molar-refractivity contribution >= 4 is 27.5 Å². The van der Waals surface area contributed by atoms with E-state index in [-0.39, 0.29) is 17.3 Å². The molecule has 1 heterocycles. The van der Waals surface area contributed by atoms with Gasteiger partial charge < -0.3 is 4.74 Å². The number of para-hydroxylation sites is 1. The number of ether oxygens (including phenoxy) is 1. The van der Waals surface area contributed by atoms with E-state index in [0.717, 1.165) is 21.3 Å². The van der Waals surface area contributed by atoms with Crippen LogP contribution in [0.25, 0.3) is 10.2 Å². The number of carbonyl (C=O) groups is 1. The lowest BCUT2D eigenvalue weighted by molar-refractivity contribution is -0.134. The van der Waals surface area contributed by atoms with Crippen LogP contribution < -0.4 is 9.61 Å². The van der Waals surface area contributed by atoms with Crippen LogP contribution in [0.15, 0.2) is 47.3 Å². The van der Waals surface area contributed by atoms with Crippen molar-refractivity contribution in [2.45, 2.75) is 26.8 Å². The number of nitrogens with zero attached hydrogens (tertiary/aromatic N) is 1. The summed E-state index contributed by atoms with van der Waals surface area (Å²) in [5.41, 5.74) is 3.10. The Morgan fingerprint density at radius 3 is 2.70 bits per heavy atom. The Morgan fingerprint density at radius 2 is 1.91 bits per heavy atom. The number of carbonyl (C=O) groups excluding carboxylic acids is 1. The van der Waals surface area contributed by atoms with Crippen LogP contribution >= 0.6 is 11.3 Å². The maximum Gasteiger partial charge on any atom is 0.312 e. The first-order valence-corrected chi connectivity index (χ1v) is 8.22. The Morgan fingerprint density at radius 1 is 1.13 bits per heavy atom. The van der Waals surface area contributed by atoms with Crippen molar-refractivity contribution in [1.82, 2.24) is 4.57 Å². The summed E-state index contributed by atoms with van der Waals surface area (Å²) in [6, 6.07) is 13.1. The van der Waals surface area contributed by atoms with Gasteiger partial charge in [0.1, 0.15) is 5.75 Å². The summed E-state index contributed by atoms with van der Waals surface area (Å²) in [6.07, 6.45) is 0.160. The summed E-state index contributed by atoms with van der Waals surface area (Å²) in [7, 11) is 0. The van der Waals surface area contributed by atoms with Crippen molar-refractivity contribution in [2.75, 3.05) is 0 Å². The van der Waals surface area contributed by atoms with Gasteiger partial charge in [-0.05, 0) is 49.2 Å². The average molecular weight is 327 g/mol. The first-order chi connectivity index (χ1) is 11.0. The summed E-state index contributed by atoms with van der Waals surface area (Å²) < 4.78 is 7.91. The third kappa shape index (κ3) is 3.35. The number of fused-ring (bicyclic) bond motifs is 1. The highest BCUT2D eigenvalue weighted by Crippen LogP contribution is 2.18. The molecule has 0 bridgehead atoms. The molecule has 0 atom stereocenters. The molecule has 0 N–H and O–H groups in total. The third-order valence-electron chi connectivity index (χ3n) is 3.82. The van der Waals surface area contributed by atoms with Crippen LogP contribution in [0.3, 0.4) is 0 Å². The minimum absolute atomic E-state index is 0.0508. The fourth-order valence-electron chi connectivity index (χ4n) is 2.39. The van der Waals surface area contributed by atoms with Gasteiger partial charge in [-0.25, -0.2) is 0 Å². The SMILES string of the molecule is Cc1ccc(OC(=O)CCn2c(=O)sc3ccccc32)cc1C. The lowest BCUT2D eigenvalue weighted by atomic mass is 10.1. The second kappa shape index (κ2) is 6.38. The quantitative estimate of drug-likeness (QED) is 0.542. The van der Waals surface area contributed by atoms with Gasteiger partial charge >= 0.3 is 10.8 Å². The number of thiazole rings is 1. The predicted molar refractivity (Wildman–Crippen MR) is 92.3 cm³/mol. The van der Waals surface area contributed by atoms with E-state index >= 15 is 0 Å². The van der Waals surface area contributed by atoms with Gasteiger partial charge in [-0.1, -0.05) is 29.5 Å². The zero-order valence-electron chi connectivity index (χ0n) is 13.0. The molecule has 118 valence electrons. The van der Waals surface area contributed by atoms with Crippen molar-refractivity contribution < 1.29 is 9.53 Å². The van der Waals surface area contributed by atoms with Crippen LogP contribution in [0.4, 0.5) is 0 Å². The molecular formula is C18H17NO3S. The summed E-state index contributed by atoms with van der Waals surface area (Å²) in [4.78, 5) is 24.0. The normalized spacial score (nSPS) is 10.9. The molecule has 23 heavy (non-hydrogen) atoms. The molecule has 3 rings (SSSR count). The lowest BCUT2D eigenvalue weighted by Crippen LogP contribution is -2.17. The van der Waals surface area contributed by atoms with Crippen LogP contribution in [0.5, 0.6) is 5.75 Å². The van der Waals surface area contributed by atoms with E-state index in [4.69, 9.17) is 4.74 Å². The monoisotopic (exact) mass is 327 g/mol. The molecule has 0 saturated carbocycles. The van der Waals surface area contributed by atoms with E-state index in [1.54, 1.807) is 10.6 Å². The Balaban J connectivity index is 1.70. The van der Waals surface area contributed by atoms with E-state index < -0.39 is 0 Å². The van der Waals surface area contributed by atoms with E-state index in [1.165, 1.54) is 11.3 Å². The lowest BCUT2D eigenvalue weighted by Gasteiger charge is -2.07. The Hall–Kier alpha value is -2.40. The van der Waals surface area contributed by atoms with Crippen LogP contribution in [0, 0.1) is 13.8 Å². The van der Waals surface area contributed by atoms with Gasteiger partial charge in [-0.2, -0.15) is 0 Å². The zero-order chi connectivity index (χ0) is 16.4. The van der Waals surface area contributed by atoms with Crippen molar-refractivity contribution in [3.63, 3.8) is 0 Å². The number of benzene rings is 2. The average Bonchev–Trinajstić information content (AvgIpc) is 2.84. The molecule has 0 aliphatic heterocycles. The Labute approximate surface area is 138 Å². The molecule has 0 saturated heterocycles. The Kier molecular flexibility index (Phi) is 4.30. The van der Waals surface area contributed by atoms with Gasteiger partial charge in [-0.3, -0.25) is 14.2 Å². The number of hydrogen-bond donors (Lipinski definition) is 0. The molecule has 2 aromatic carbocycles. The highest BCUT2D eigenvalue weighted by Gasteiger charge is 2.10. The van der Waals surface area contributed by atoms with E-state index in [0.29, 0.717) is 12.3 Å². The summed E-state index contributed by atoms with van der Waals surface area (Å²) >= 11 is 1.19. The Bertz CT molecular complexity index is 923. The van der Waals surface area contributed by atoms with Gasteiger partial charge in [0.25, 0.3) is 0 Å². The van der Waals surface area contributed by atoms with Crippen molar-refractivity contribution in [1.29, 1.82) is 0 Å². The second-order valence-electron chi connectivity index (χ2n) is 5.46. The predicted octanol–water partition coefficient (Wildman–Crippen LogP) is 3.68. The summed E-state index contributed by atoms with van der Waals surface area (Å²) in [5.74, 6) is 0.205. The zero-order valence-corrected chi connectivity index (χ0v) is 13.9. The van der Waals surface area contributed by atoms with Crippen molar-refractivity contribution in [3.05, 3.63) is 63.3 Å².